The number of imide groups is 1. The van der Waals surface area contributed by atoms with Gasteiger partial charge in [0.1, 0.15) is 11.6 Å². The van der Waals surface area contributed by atoms with Crippen LogP contribution in [0.25, 0.3) is 6.08 Å². The highest BCUT2D eigenvalue weighted by Gasteiger charge is 2.27. The van der Waals surface area contributed by atoms with Crippen molar-refractivity contribution < 1.29 is 19.1 Å². The lowest BCUT2D eigenvalue weighted by Gasteiger charge is -2.22. The van der Waals surface area contributed by atoms with Crippen LogP contribution in [-0.2, 0) is 14.3 Å². The van der Waals surface area contributed by atoms with Crippen molar-refractivity contribution in [3.63, 3.8) is 0 Å². The quantitative estimate of drug-likeness (QED) is 0.424. The molecule has 1 aromatic rings. The van der Waals surface area contributed by atoms with E-state index in [-0.39, 0.29) is 11.6 Å². The molecule has 2 N–H and O–H groups in total. The number of ether oxygens (including phenoxy) is 1. The van der Waals surface area contributed by atoms with Crippen LogP contribution < -0.4 is 10.6 Å². The van der Waals surface area contributed by atoms with Crippen molar-refractivity contribution in [3.05, 3.63) is 28.6 Å². The average Bonchev–Trinajstić information content (AvgIpc) is 3.50. The van der Waals surface area contributed by atoms with Gasteiger partial charge in [0.15, 0.2) is 6.61 Å². The highest BCUT2D eigenvalue weighted by Crippen LogP contribution is 2.38. The SMILES string of the molecule is Cc1cc(/C=C(\C#N)C(=O)OCC(=O)NC(=O)NC2CCCCC2)c(C)n1C1CC1. The number of hydrogen-bond acceptors (Lipinski definition) is 5. The van der Waals surface area contributed by atoms with Crippen LogP contribution in [0, 0.1) is 25.2 Å². The lowest BCUT2D eigenvalue weighted by Crippen LogP contribution is -2.46. The van der Waals surface area contributed by atoms with Crippen LogP contribution in [0.4, 0.5) is 4.79 Å². The number of urea groups is 1. The Labute approximate surface area is 176 Å². The van der Waals surface area contributed by atoms with Gasteiger partial charge in [0.05, 0.1) is 0 Å². The fourth-order valence-corrected chi connectivity index (χ4v) is 3.98. The van der Waals surface area contributed by atoms with E-state index in [1.165, 1.54) is 6.08 Å². The minimum Gasteiger partial charge on any atom is -0.451 e. The topological polar surface area (TPSA) is 113 Å². The molecule has 0 unspecified atom stereocenters. The number of aromatic nitrogens is 1. The van der Waals surface area contributed by atoms with Gasteiger partial charge in [-0.3, -0.25) is 10.1 Å². The number of carbonyl (C=O) groups is 3. The molecule has 160 valence electrons. The number of nitriles is 1. The van der Waals surface area contributed by atoms with Crippen molar-refractivity contribution in [2.24, 2.45) is 0 Å². The van der Waals surface area contributed by atoms with Crippen molar-refractivity contribution >= 4 is 24.0 Å². The van der Waals surface area contributed by atoms with Gasteiger partial charge in [-0.1, -0.05) is 19.3 Å². The summed E-state index contributed by atoms with van der Waals surface area (Å²) in [5.74, 6) is -1.63. The maximum Gasteiger partial charge on any atom is 0.349 e. The van der Waals surface area contributed by atoms with E-state index in [1.54, 1.807) is 0 Å². The number of nitrogens with zero attached hydrogens (tertiary/aromatic N) is 2. The van der Waals surface area contributed by atoms with Gasteiger partial charge in [-0.15, -0.1) is 0 Å². The molecule has 0 radical (unpaired) electrons. The molecule has 2 aliphatic rings. The van der Waals surface area contributed by atoms with E-state index in [1.807, 2.05) is 26.0 Å². The Morgan fingerprint density at radius 1 is 1.20 bits per heavy atom. The van der Waals surface area contributed by atoms with Gasteiger partial charge < -0.3 is 14.6 Å². The number of nitrogens with one attached hydrogen (secondary N) is 2. The largest absolute Gasteiger partial charge is 0.451 e. The highest BCUT2D eigenvalue weighted by molar-refractivity contribution is 6.00. The lowest BCUT2D eigenvalue weighted by atomic mass is 9.96. The Kier molecular flexibility index (Phi) is 6.93. The van der Waals surface area contributed by atoms with Crippen molar-refractivity contribution in [1.29, 1.82) is 5.26 Å². The lowest BCUT2D eigenvalue weighted by molar-refractivity contribution is -0.144. The number of amides is 3. The molecule has 0 bridgehead atoms. The summed E-state index contributed by atoms with van der Waals surface area (Å²) in [4.78, 5) is 36.0. The summed E-state index contributed by atoms with van der Waals surface area (Å²) >= 11 is 0. The van der Waals surface area contributed by atoms with Gasteiger partial charge in [0.2, 0.25) is 0 Å². The van der Waals surface area contributed by atoms with Crippen LogP contribution in [0.1, 0.15) is 67.9 Å². The van der Waals surface area contributed by atoms with Crippen molar-refractivity contribution in [1.82, 2.24) is 15.2 Å². The van der Waals surface area contributed by atoms with Crippen LogP contribution in [0.5, 0.6) is 0 Å². The smallest absolute Gasteiger partial charge is 0.349 e. The van der Waals surface area contributed by atoms with Crippen LogP contribution in [0.15, 0.2) is 11.6 Å². The fraction of sp³-hybridized carbons (Fsp3) is 0.545. The third kappa shape index (κ3) is 5.50. The molecule has 1 heterocycles. The van der Waals surface area contributed by atoms with Crippen LogP contribution in [-0.4, -0.2) is 35.1 Å². The van der Waals surface area contributed by atoms with Crippen LogP contribution in [0.3, 0.4) is 0 Å². The van der Waals surface area contributed by atoms with E-state index in [4.69, 9.17) is 4.74 Å². The summed E-state index contributed by atoms with van der Waals surface area (Å²) < 4.78 is 7.14. The molecule has 0 aliphatic heterocycles. The standard InChI is InChI=1S/C22H28N4O4/c1-14-10-16(15(2)26(14)19-8-9-19)11-17(12-23)21(28)30-13-20(27)25-22(29)24-18-6-4-3-5-7-18/h10-11,18-19H,3-9,13H2,1-2H3,(H2,24,25,27,29)/b17-11+. The third-order valence-electron chi connectivity index (χ3n) is 5.60. The first-order valence-electron chi connectivity index (χ1n) is 10.5. The zero-order chi connectivity index (χ0) is 21.7. The summed E-state index contributed by atoms with van der Waals surface area (Å²) in [5, 5.41) is 14.3. The van der Waals surface area contributed by atoms with Gasteiger partial charge in [0.25, 0.3) is 5.91 Å². The first-order valence-corrected chi connectivity index (χ1v) is 10.5. The van der Waals surface area contributed by atoms with Gasteiger partial charge in [0, 0.05) is 23.5 Å². The van der Waals surface area contributed by atoms with E-state index in [0.717, 1.165) is 61.9 Å². The zero-order valence-corrected chi connectivity index (χ0v) is 17.5. The summed E-state index contributed by atoms with van der Waals surface area (Å²) in [5.41, 5.74) is 2.66. The molecular formula is C22H28N4O4. The molecular weight excluding hydrogens is 384 g/mol. The van der Waals surface area contributed by atoms with E-state index >= 15 is 0 Å². The molecule has 8 nitrogen and oxygen atoms in total. The zero-order valence-electron chi connectivity index (χ0n) is 17.5. The molecule has 2 aliphatic carbocycles. The molecule has 0 atom stereocenters. The average molecular weight is 412 g/mol. The van der Waals surface area contributed by atoms with E-state index in [0.29, 0.717) is 6.04 Å². The molecule has 30 heavy (non-hydrogen) atoms. The highest BCUT2D eigenvalue weighted by atomic mass is 16.5. The molecule has 3 amide bonds. The number of hydrogen-bond donors (Lipinski definition) is 2. The van der Waals surface area contributed by atoms with Gasteiger partial charge in [-0.2, -0.15) is 5.26 Å². The molecule has 2 fully saturated rings. The molecule has 8 heteroatoms. The van der Waals surface area contributed by atoms with E-state index in [9.17, 15) is 19.6 Å². The predicted octanol–water partition coefficient (Wildman–Crippen LogP) is 3.05. The van der Waals surface area contributed by atoms with Crippen molar-refractivity contribution in [2.45, 2.75) is 70.9 Å². The van der Waals surface area contributed by atoms with Gasteiger partial charge in [-0.05, 0) is 57.2 Å². The summed E-state index contributed by atoms with van der Waals surface area (Å²) in [7, 11) is 0. The molecule has 3 rings (SSSR count). The second-order valence-corrected chi connectivity index (χ2v) is 8.03. The minimum atomic E-state index is -0.892. The Morgan fingerprint density at radius 2 is 1.90 bits per heavy atom. The molecule has 0 aromatic carbocycles. The van der Waals surface area contributed by atoms with Gasteiger partial charge in [-0.25, -0.2) is 9.59 Å². The van der Waals surface area contributed by atoms with Crippen LogP contribution >= 0.6 is 0 Å². The monoisotopic (exact) mass is 412 g/mol. The Hall–Kier alpha value is -3.08. The maximum absolute atomic E-state index is 12.2. The first kappa shape index (κ1) is 21.6. The van der Waals surface area contributed by atoms with Crippen molar-refractivity contribution in [3.8, 4) is 6.07 Å². The third-order valence-corrected chi connectivity index (χ3v) is 5.60. The van der Waals surface area contributed by atoms with E-state index < -0.39 is 24.5 Å². The number of rotatable bonds is 6. The first-order chi connectivity index (χ1) is 14.4. The molecule has 0 spiro atoms. The Bertz CT molecular complexity index is 899. The molecule has 1 aromatic heterocycles. The number of carbonyl (C=O) groups excluding carboxylic acids is 3. The number of aryl methyl sites for hydroxylation is 1. The normalized spacial score (nSPS) is 17.2. The Morgan fingerprint density at radius 3 is 2.53 bits per heavy atom. The summed E-state index contributed by atoms with van der Waals surface area (Å²) in [6.07, 6.45) is 8.82. The minimum absolute atomic E-state index is 0.0665. The summed E-state index contributed by atoms with van der Waals surface area (Å²) in [6, 6.07) is 3.74. The second kappa shape index (κ2) is 9.61. The molecule has 0 saturated heterocycles. The second-order valence-electron chi connectivity index (χ2n) is 8.03. The maximum atomic E-state index is 12.2. The fourth-order valence-electron chi connectivity index (χ4n) is 3.98. The predicted molar refractivity (Wildman–Crippen MR) is 110 cm³/mol. The Balaban J connectivity index is 1.52. The van der Waals surface area contributed by atoms with Crippen LogP contribution in [0.2, 0.25) is 0 Å². The van der Waals surface area contributed by atoms with Gasteiger partial charge >= 0.3 is 12.0 Å². The van der Waals surface area contributed by atoms with E-state index in [2.05, 4.69) is 15.2 Å². The number of esters is 1. The summed E-state index contributed by atoms with van der Waals surface area (Å²) in [6.45, 7) is 3.32. The van der Waals surface area contributed by atoms with Crippen molar-refractivity contribution in [2.75, 3.05) is 6.61 Å². The molecule has 2 saturated carbocycles.